The molecule has 2 aliphatic heterocycles. The maximum absolute atomic E-state index is 9.94. The van der Waals surface area contributed by atoms with E-state index in [1.54, 1.807) is 0 Å². The molecule has 0 saturated carbocycles. The molecule has 0 aromatic rings. The minimum atomic E-state index is -1.64. The smallest absolute Gasteiger partial charge is 0.184 e. The van der Waals surface area contributed by atoms with Crippen LogP contribution in [0.2, 0.25) is 0 Å². The third-order valence-electron chi connectivity index (χ3n) is 3.76. The molecule has 2 saturated heterocycles. The molecule has 0 aromatic carbocycles. The normalized spacial score (nSPS) is 48.3. The van der Waals surface area contributed by atoms with Gasteiger partial charge in [0.1, 0.15) is 30.5 Å². The van der Waals surface area contributed by atoms with E-state index in [1.807, 2.05) is 0 Å². The Bertz CT molecular complexity index is 326. The van der Waals surface area contributed by atoms with E-state index in [0.29, 0.717) is 12.8 Å². The van der Waals surface area contributed by atoms with Gasteiger partial charge in [-0.25, -0.2) is 0 Å². The van der Waals surface area contributed by atoms with Crippen LogP contribution < -0.4 is 0 Å². The van der Waals surface area contributed by atoms with Crippen LogP contribution in [0.15, 0.2) is 0 Å². The van der Waals surface area contributed by atoms with Gasteiger partial charge in [-0.05, 0) is 12.8 Å². The van der Waals surface area contributed by atoms with Crippen molar-refractivity contribution in [2.24, 2.45) is 0 Å². The van der Waals surface area contributed by atoms with Crippen LogP contribution in [0.25, 0.3) is 0 Å². The van der Waals surface area contributed by atoms with Crippen molar-refractivity contribution < 1.29 is 44.8 Å². The SMILES string of the molecule is OC[C@@H]1CC[C@@H](O)[C@H](O[C@H]2[C@H](O)[C@@H](O)C(O)O[C@@H]2CO)O1. The summed E-state index contributed by atoms with van der Waals surface area (Å²) >= 11 is 0. The maximum atomic E-state index is 9.94. The first-order valence-corrected chi connectivity index (χ1v) is 6.88. The second-order valence-electron chi connectivity index (χ2n) is 5.28. The number of aliphatic hydroxyl groups is 6. The lowest BCUT2D eigenvalue weighted by Crippen LogP contribution is -2.61. The Morgan fingerprint density at radius 1 is 0.905 bits per heavy atom. The summed E-state index contributed by atoms with van der Waals surface area (Å²) in [5, 5.41) is 57.1. The summed E-state index contributed by atoms with van der Waals surface area (Å²) in [5.74, 6) is 0. The van der Waals surface area contributed by atoms with Crippen molar-refractivity contribution in [1.29, 1.82) is 0 Å². The van der Waals surface area contributed by atoms with Crippen LogP contribution >= 0.6 is 0 Å². The highest BCUT2D eigenvalue weighted by Gasteiger charge is 2.46. The van der Waals surface area contributed by atoms with Gasteiger partial charge in [-0.15, -0.1) is 0 Å². The lowest BCUT2D eigenvalue weighted by molar-refractivity contribution is -0.337. The molecule has 0 spiro atoms. The predicted octanol–water partition coefficient (Wildman–Crippen LogP) is -3.34. The van der Waals surface area contributed by atoms with E-state index in [4.69, 9.17) is 19.3 Å². The molecular weight excluding hydrogens is 288 g/mol. The number of ether oxygens (including phenoxy) is 3. The zero-order valence-electron chi connectivity index (χ0n) is 11.4. The van der Waals surface area contributed by atoms with E-state index in [1.165, 1.54) is 0 Å². The molecule has 9 heteroatoms. The largest absolute Gasteiger partial charge is 0.394 e. The highest BCUT2D eigenvalue weighted by molar-refractivity contribution is 4.90. The fourth-order valence-corrected chi connectivity index (χ4v) is 2.49. The number of aliphatic hydroxyl groups excluding tert-OH is 6. The van der Waals surface area contributed by atoms with Crippen LogP contribution in [0.4, 0.5) is 0 Å². The topological polar surface area (TPSA) is 149 Å². The zero-order chi connectivity index (χ0) is 15.6. The fourth-order valence-electron chi connectivity index (χ4n) is 2.49. The van der Waals surface area contributed by atoms with Gasteiger partial charge in [0.05, 0.1) is 19.3 Å². The molecule has 0 bridgehead atoms. The van der Waals surface area contributed by atoms with Crippen molar-refractivity contribution in [2.75, 3.05) is 13.2 Å². The Labute approximate surface area is 121 Å². The number of hydrogen-bond donors (Lipinski definition) is 6. The molecule has 0 aromatic heterocycles. The molecule has 0 amide bonds. The first kappa shape index (κ1) is 17.0. The highest BCUT2D eigenvalue weighted by Crippen LogP contribution is 2.27. The molecule has 0 aliphatic carbocycles. The number of rotatable bonds is 4. The molecular formula is C12H22O9. The van der Waals surface area contributed by atoms with Crippen LogP contribution in [-0.4, -0.2) is 93.1 Å². The van der Waals surface area contributed by atoms with Gasteiger partial charge in [0, 0.05) is 0 Å². The Balaban J connectivity index is 2.04. The minimum absolute atomic E-state index is 0.235. The van der Waals surface area contributed by atoms with E-state index in [-0.39, 0.29) is 6.61 Å². The first-order chi connectivity index (χ1) is 9.97. The molecule has 8 atom stereocenters. The second-order valence-corrected chi connectivity index (χ2v) is 5.28. The summed E-state index contributed by atoms with van der Waals surface area (Å²) in [6, 6.07) is 0. The van der Waals surface area contributed by atoms with Crippen molar-refractivity contribution in [1.82, 2.24) is 0 Å². The average molecular weight is 310 g/mol. The third-order valence-corrected chi connectivity index (χ3v) is 3.76. The summed E-state index contributed by atoms with van der Waals surface area (Å²) in [4.78, 5) is 0. The van der Waals surface area contributed by atoms with Gasteiger partial charge in [-0.2, -0.15) is 0 Å². The predicted molar refractivity (Wildman–Crippen MR) is 65.8 cm³/mol. The van der Waals surface area contributed by atoms with Gasteiger partial charge in [-0.1, -0.05) is 0 Å². The zero-order valence-corrected chi connectivity index (χ0v) is 11.4. The maximum Gasteiger partial charge on any atom is 0.184 e. The Hall–Kier alpha value is -0.360. The summed E-state index contributed by atoms with van der Waals surface area (Å²) in [6.07, 6.45) is -8.82. The summed E-state index contributed by atoms with van der Waals surface area (Å²) < 4.78 is 15.7. The minimum Gasteiger partial charge on any atom is -0.394 e. The molecule has 2 rings (SSSR count). The molecule has 9 nitrogen and oxygen atoms in total. The standard InChI is InChI=1S/C12H22O9/c13-3-5-1-2-6(15)12(19-5)21-10-7(4-14)20-11(18)9(17)8(10)16/h5-18H,1-4H2/t5-,6+,7+,8+,9+,10+,11?,12-/m0/s1. The van der Waals surface area contributed by atoms with Crippen molar-refractivity contribution in [3.05, 3.63) is 0 Å². The quantitative estimate of drug-likeness (QED) is 0.313. The van der Waals surface area contributed by atoms with Crippen LogP contribution in [0.1, 0.15) is 12.8 Å². The summed E-state index contributed by atoms with van der Waals surface area (Å²) in [6.45, 7) is -0.793. The third kappa shape index (κ3) is 3.70. The van der Waals surface area contributed by atoms with Crippen molar-refractivity contribution in [2.45, 2.75) is 62.0 Å². The van der Waals surface area contributed by atoms with E-state index in [9.17, 15) is 25.5 Å². The molecule has 1 unspecified atom stereocenters. The van der Waals surface area contributed by atoms with Crippen molar-refractivity contribution in [3.63, 3.8) is 0 Å². The monoisotopic (exact) mass is 310 g/mol. The van der Waals surface area contributed by atoms with Gasteiger partial charge < -0.3 is 44.8 Å². The molecule has 0 radical (unpaired) electrons. The van der Waals surface area contributed by atoms with Crippen LogP contribution in [-0.2, 0) is 14.2 Å². The molecule has 124 valence electrons. The van der Waals surface area contributed by atoms with Crippen LogP contribution in [0, 0.1) is 0 Å². The molecule has 2 fully saturated rings. The lowest BCUT2D eigenvalue weighted by atomic mass is 9.98. The van der Waals surface area contributed by atoms with E-state index >= 15 is 0 Å². The second kappa shape index (κ2) is 7.27. The van der Waals surface area contributed by atoms with Crippen molar-refractivity contribution >= 4 is 0 Å². The van der Waals surface area contributed by atoms with Gasteiger partial charge in [0.2, 0.25) is 0 Å². The Morgan fingerprint density at radius 3 is 2.24 bits per heavy atom. The number of hydrogen-bond acceptors (Lipinski definition) is 9. The van der Waals surface area contributed by atoms with Gasteiger partial charge in [0.15, 0.2) is 12.6 Å². The summed E-state index contributed by atoms with van der Waals surface area (Å²) in [7, 11) is 0. The van der Waals surface area contributed by atoms with E-state index in [2.05, 4.69) is 0 Å². The Kier molecular flexibility index (Phi) is 5.88. The highest BCUT2D eigenvalue weighted by atomic mass is 16.7. The van der Waals surface area contributed by atoms with E-state index < -0.39 is 55.8 Å². The van der Waals surface area contributed by atoms with Crippen molar-refractivity contribution in [3.8, 4) is 0 Å². The fraction of sp³-hybridized carbons (Fsp3) is 1.00. The molecule has 21 heavy (non-hydrogen) atoms. The first-order valence-electron chi connectivity index (χ1n) is 6.88. The molecule has 2 aliphatic rings. The van der Waals surface area contributed by atoms with E-state index in [0.717, 1.165) is 0 Å². The Morgan fingerprint density at radius 2 is 1.62 bits per heavy atom. The van der Waals surface area contributed by atoms with Gasteiger partial charge in [0.25, 0.3) is 0 Å². The average Bonchev–Trinajstić information content (AvgIpc) is 2.49. The molecule has 6 N–H and O–H groups in total. The van der Waals surface area contributed by atoms with Crippen LogP contribution in [0.5, 0.6) is 0 Å². The molecule has 2 heterocycles. The van der Waals surface area contributed by atoms with Gasteiger partial charge >= 0.3 is 0 Å². The summed E-state index contributed by atoms with van der Waals surface area (Å²) in [5.41, 5.74) is 0. The van der Waals surface area contributed by atoms with Crippen LogP contribution in [0.3, 0.4) is 0 Å². The lowest BCUT2D eigenvalue weighted by Gasteiger charge is -2.43. The van der Waals surface area contributed by atoms with Gasteiger partial charge in [-0.3, -0.25) is 0 Å².